The van der Waals surface area contributed by atoms with E-state index < -0.39 is 0 Å². The van der Waals surface area contributed by atoms with Gasteiger partial charge in [0.15, 0.2) is 0 Å². The average molecular weight is 327 g/mol. The Labute approximate surface area is 139 Å². The molecule has 0 bridgehead atoms. The smallest absolute Gasteiger partial charge is 0.321 e. The number of hydrogen-bond acceptors (Lipinski definition) is 2. The SMILES string of the molecule is CN(Cc1ccc(F)cc1)C(=O)c1ccc(N2CCNC2=O)cc1. The van der Waals surface area contributed by atoms with Crippen molar-refractivity contribution in [3.8, 4) is 0 Å². The summed E-state index contributed by atoms with van der Waals surface area (Å²) >= 11 is 0. The van der Waals surface area contributed by atoms with Crippen molar-refractivity contribution in [3.63, 3.8) is 0 Å². The Morgan fingerprint density at radius 1 is 1.17 bits per heavy atom. The zero-order chi connectivity index (χ0) is 17.1. The third kappa shape index (κ3) is 3.37. The molecule has 1 saturated heterocycles. The fraction of sp³-hybridized carbons (Fsp3) is 0.222. The second-order valence-electron chi connectivity index (χ2n) is 5.72. The number of hydrogen-bond donors (Lipinski definition) is 1. The van der Waals surface area contributed by atoms with E-state index in [9.17, 15) is 14.0 Å². The van der Waals surface area contributed by atoms with E-state index in [4.69, 9.17) is 0 Å². The Hall–Kier alpha value is -2.89. The lowest BCUT2D eigenvalue weighted by Crippen LogP contribution is -2.28. The molecule has 0 atom stereocenters. The van der Waals surface area contributed by atoms with E-state index in [1.807, 2.05) is 0 Å². The molecule has 5 nitrogen and oxygen atoms in total. The Morgan fingerprint density at radius 3 is 2.42 bits per heavy atom. The number of halogens is 1. The van der Waals surface area contributed by atoms with Crippen molar-refractivity contribution in [1.29, 1.82) is 0 Å². The summed E-state index contributed by atoms with van der Waals surface area (Å²) in [5.41, 5.74) is 2.17. The first-order valence-electron chi connectivity index (χ1n) is 7.70. The van der Waals surface area contributed by atoms with E-state index in [2.05, 4.69) is 5.32 Å². The van der Waals surface area contributed by atoms with Gasteiger partial charge < -0.3 is 10.2 Å². The number of amides is 3. The molecular weight excluding hydrogens is 309 g/mol. The molecule has 2 aromatic rings. The Kier molecular flexibility index (Phi) is 4.46. The maximum Gasteiger partial charge on any atom is 0.321 e. The first kappa shape index (κ1) is 16.0. The fourth-order valence-electron chi connectivity index (χ4n) is 2.66. The van der Waals surface area contributed by atoms with Crippen LogP contribution >= 0.6 is 0 Å². The molecule has 2 aromatic carbocycles. The first-order valence-corrected chi connectivity index (χ1v) is 7.70. The predicted molar refractivity (Wildman–Crippen MR) is 89.4 cm³/mol. The van der Waals surface area contributed by atoms with E-state index in [1.165, 1.54) is 12.1 Å². The molecule has 24 heavy (non-hydrogen) atoms. The number of carbonyl (C=O) groups is 2. The number of rotatable bonds is 4. The van der Waals surface area contributed by atoms with Gasteiger partial charge in [0.25, 0.3) is 5.91 Å². The Balaban J connectivity index is 1.67. The molecule has 1 N–H and O–H groups in total. The lowest BCUT2D eigenvalue weighted by Gasteiger charge is -2.18. The maximum atomic E-state index is 12.9. The summed E-state index contributed by atoms with van der Waals surface area (Å²) in [6.07, 6.45) is 0. The molecule has 1 aliphatic rings. The quantitative estimate of drug-likeness (QED) is 0.938. The van der Waals surface area contributed by atoms with Gasteiger partial charge in [0.05, 0.1) is 0 Å². The van der Waals surface area contributed by atoms with Crippen LogP contribution in [0.2, 0.25) is 0 Å². The minimum Gasteiger partial charge on any atom is -0.337 e. The predicted octanol–water partition coefficient (Wildman–Crippen LogP) is 2.63. The first-order chi connectivity index (χ1) is 11.5. The van der Waals surface area contributed by atoms with Crippen LogP contribution in [0.1, 0.15) is 15.9 Å². The number of anilines is 1. The standard InChI is InChI=1S/C18H18FN3O2/c1-21(12-13-2-6-15(19)7-3-13)17(23)14-4-8-16(9-5-14)22-11-10-20-18(22)24/h2-9H,10-12H2,1H3,(H,20,24). The molecule has 3 amide bonds. The highest BCUT2D eigenvalue weighted by Crippen LogP contribution is 2.18. The van der Waals surface area contributed by atoms with Crippen LogP contribution in [0.15, 0.2) is 48.5 Å². The molecule has 3 rings (SSSR count). The van der Waals surface area contributed by atoms with Gasteiger partial charge in [0, 0.05) is 37.9 Å². The van der Waals surface area contributed by atoms with Gasteiger partial charge in [-0.3, -0.25) is 9.69 Å². The Morgan fingerprint density at radius 2 is 1.83 bits per heavy atom. The van der Waals surface area contributed by atoms with Gasteiger partial charge in [-0.15, -0.1) is 0 Å². The molecule has 1 aliphatic heterocycles. The van der Waals surface area contributed by atoms with Crippen molar-refractivity contribution >= 4 is 17.6 Å². The van der Waals surface area contributed by atoms with Crippen molar-refractivity contribution in [2.75, 3.05) is 25.0 Å². The molecule has 1 heterocycles. The largest absolute Gasteiger partial charge is 0.337 e. The number of urea groups is 1. The van der Waals surface area contributed by atoms with Crippen molar-refractivity contribution in [2.45, 2.75) is 6.54 Å². The van der Waals surface area contributed by atoms with Crippen molar-refractivity contribution in [2.24, 2.45) is 0 Å². The number of carbonyl (C=O) groups excluding carboxylic acids is 2. The lowest BCUT2D eigenvalue weighted by molar-refractivity contribution is 0.0785. The highest BCUT2D eigenvalue weighted by molar-refractivity contribution is 5.96. The van der Waals surface area contributed by atoms with Gasteiger partial charge in [-0.25, -0.2) is 9.18 Å². The zero-order valence-corrected chi connectivity index (χ0v) is 13.3. The van der Waals surface area contributed by atoms with Gasteiger partial charge in [0.1, 0.15) is 5.82 Å². The maximum absolute atomic E-state index is 12.9. The molecule has 0 spiro atoms. The lowest BCUT2D eigenvalue weighted by atomic mass is 10.1. The monoisotopic (exact) mass is 327 g/mol. The third-order valence-corrected chi connectivity index (χ3v) is 3.96. The van der Waals surface area contributed by atoms with Crippen LogP contribution in [0.4, 0.5) is 14.9 Å². The van der Waals surface area contributed by atoms with Crippen LogP contribution in [-0.4, -0.2) is 37.0 Å². The summed E-state index contributed by atoms with van der Waals surface area (Å²) in [5, 5.41) is 2.74. The zero-order valence-electron chi connectivity index (χ0n) is 13.3. The minimum atomic E-state index is -0.297. The molecule has 6 heteroatoms. The summed E-state index contributed by atoms with van der Waals surface area (Å²) in [6.45, 7) is 1.64. The molecule has 1 fully saturated rings. The van der Waals surface area contributed by atoms with Gasteiger partial charge in [-0.2, -0.15) is 0 Å². The summed E-state index contributed by atoms with van der Waals surface area (Å²) in [7, 11) is 1.70. The summed E-state index contributed by atoms with van der Waals surface area (Å²) in [4.78, 5) is 27.3. The molecule has 0 saturated carbocycles. The van der Waals surface area contributed by atoms with Crippen LogP contribution in [0.5, 0.6) is 0 Å². The topological polar surface area (TPSA) is 52.7 Å². The van der Waals surface area contributed by atoms with Gasteiger partial charge in [0.2, 0.25) is 0 Å². The fourth-order valence-corrected chi connectivity index (χ4v) is 2.66. The van der Waals surface area contributed by atoms with E-state index in [1.54, 1.807) is 53.2 Å². The van der Waals surface area contributed by atoms with Crippen LogP contribution in [0.3, 0.4) is 0 Å². The Bertz CT molecular complexity index is 744. The van der Waals surface area contributed by atoms with Crippen LogP contribution in [-0.2, 0) is 6.54 Å². The molecule has 0 aliphatic carbocycles. The van der Waals surface area contributed by atoms with Gasteiger partial charge in [-0.1, -0.05) is 12.1 Å². The van der Waals surface area contributed by atoms with Gasteiger partial charge in [-0.05, 0) is 42.0 Å². The average Bonchev–Trinajstić information content (AvgIpc) is 3.02. The van der Waals surface area contributed by atoms with Crippen LogP contribution in [0.25, 0.3) is 0 Å². The second-order valence-corrected chi connectivity index (χ2v) is 5.72. The number of nitrogens with zero attached hydrogens (tertiary/aromatic N) is 2. The van der Waals surface area contributed by atoms with E-state index in [0.717, 1.165) is 11.3 Å². The van der Waals surface area contributed by atoms with E-state index in [0.29, 0.717) is 25.2 Å². The molecule has 124 valence electrons. The molecule has 0 radical (unpaired) electrons. The number of benzene rings is 2. The summed E-state index contributed by atoms with van der Waals surface area (Å²) in [6, 6.07) is 12.9. The van der Waals surface area contributed by atoms with E-state index >= 15 is 0 Å². The van der Waals surface area contributed by atoms with Gasteiger partial charge >= 0.3 is 6.03 Å². The summed E-state index contributed by atoms with van der Waals surface area (Å²) in [5.74, 6) is -0.425. The minimum absolute atomic E-state index is 0.123. The molecule has 0 unspecified atom stereocenters. The molecular formula is C18H18FN3O2. The normalized spacial score (nSPS) is 13.8. The van der Waals surface area contributed by atoms with Crippen molar-refractivity contribution < 1.29 is 14.0 Å². The third-order valence-electron chi connectivity index (χ3n) is 3.96. The summed E-state index contributed by atoms with van der Waals surface area (Å²) < 4.78 is 12.9. The van der Waals surface area contributed by atoms with Crippen LogP contribution < -0.4 is 10.2 Å². The van der Waals surface area contributed by atoms with Crippen molar-refractivity contribution in [3.05, 3.63) is 65.5 Å². The van der Waals surface area contributed by atoms with E-state index in [-0.39, 0.29) is 17.8 Å². The van der Waals surface area contributed by atoms with Crippen molar-refractivity contribution in [1.82, 2.24) is 10.2 Å². The highest BCUT2D eigenvalue weighted by atomic mass is 19.1. The highest BCUT2D eigenvalue weighted by Gasteiger charge is 2.21. The number of nitrogens with one attached hydrogen (secondary N) is 1. The molecule has 0 aromatic heterocycles. The van der Waals surface area contributed by atoms with Crippen LogP contribution in [0, 0.1) is 5.82 Å². The second kappa shape index (κ2) is 6.70.